The molecule has 0 radical (unpaired) electrons. The van der Waals surface area contributed by atoms with E-state index in [1.807, 2.05) is 24.3 Å². The summed E-state index contributed by atoms with van der Waals surface area (Å²) in [7, 11) is 3.19. The number of thioether (sulfide) groups is 1. The van der Waals surface area contributed by atoms with Crippen molar-refractivity contribution in [3.05, 3.63) is 54.1 Å². The molecule has 1 unspecified atom stereocenters. The molecule has 1 saturated heterocycles. The van der Waals surface area contributed by atoms with Gasteiger partial charge in [0.05, 0.1) is 18.5 Å². The maximum atomic E-state index is 13.1. The average molecular weight is 470 g/mol. The first kappa shape index (κ1) is 24.8. The summed E-state index contributed by atoms with van der Waals surface area (Å²) >= 11 is 1.33. The summed E-state index contributed by atoms with van der Waals surface area (Å²) in [6.07, 6.45) is 0.738. The lowest BCUT2D eigenvalue weighted by Gasteiger charge is -2.16. The third kappa shape index (κ3) is 6.58. The summed E-state index contributed by atoms with van der Waals surface area (Å²) < 4.78 is 10.4. The van der Waals surface area contributed by atoms with Crippen molar-refractivity contribution in [2.75, 3.05) is 32.7 Å². The SMILES string of the molecule is COCCCN1C(=O)C(CC(=O)Nc2ccccc2OC)SC1=Nc1ccc(C(C)C)cc1. The van der Waals surface area contributed by atoms with Crippen molar-refractivity contribution in [3.8, 4) is 5.75 Å². The van der Waals surface area contributed by atoms with Gasteiger partial charge in [-0.2, -0.15) is 0 Å². The minimum Gasteiger partial charge on any atom is -0.495 e. The highest BCUT2D eigenvalue weighted by molar-refractivity contribution is 8.15. The molecule has 1 aliphatic rings. The van der Waals surface area contributed by atoms with Crippen LogP contribution in [0.15, 0.2) is 53.5 Å². The number of rotatable bonds is 10. The van der Waals surface area contributed by atoms with Crippen LogP contribution in [0.4, 0.5) is 11.4 Å². The lowest BCUT2D eigenvalue weighted by Crippen LogP contribution is -2.34. The molecule has 1 heterocycles. The molecule has 0 aliphatic carbocycles. The molecule has 176 valence electrons. The van der Waals surface area contributed by atoms with E-state index in [0.29, 0.717) is 42.1 Å². The van der Waals surface area contributed by atoms with Gasteiger partial charge in [-0.25, -0.2) is 4.99 Å². The van der Waals surface area contributed by atoms with Crippen LogP contribution in [0.5, 0.6) is 5.75 Å². The number of nitrogens with zero attached hydrogens (tertiary/aromatic N) is 2. The monoisotopic (exact) mass is 469 g/mol. The Morgan fingerprint density at radius 3 is 2.55 bits per heavy atom. The third-order valence-electron chi connectivity index (χ3n) is 5.29. The van der Waals surface area contributed by atoms with Gasteiger partial charge in [0.2, 0.25) is 11.8 Å². The van der Waals surface area contributed by atoms with Crippen molar-refractivity contribution < 1.29 is 19.1 Å². The highest BCUT2D eigenvalue weighted by atomic mass is 32.2. The summed E-state index contributed by atoms with van der Waals surface area (Å²) in [6.45, 7) is 5.33. The summed E-state index contributed by atoms with van der Waals surface area (Å²) in [4.78, 5) is 32.2. The number of ether oxygens (including phenoxy) is 2. The molecule has 0 spiro atoms. The first-order chi connectivity index (χ1) is 15.9. The van der Waals surface area contributed by atoms with Crippen LogP contribution in [0.3, 0.4) is 0 Å². The van der Waals surface area contributed by atoms with Crippen LogP contribution in [0.1, 0.15) is 38.2 Å². The lowest BCUT2D eigenvalue weighted by atomic mass is 10.0. The fourth-order valence-corrected chi connectivity index (χ4v) is 4.64. The number of amidine groups is 1. The van der Waals surface area contributed by atoms with Crippen LogP contribution >= 0.6 is 11.8 Å². The van der Waals surface area contributed by atoms with Gasteiger partial charge in [0.25, 0.3) is 0 Å². The topological polar surface area (TPSA) is 80.2 Å². The smallest absolute Gasteiger partial charge is 0.242 e. The van der Waals surface area contributed by atoms with E-state index in [9.17, 15) is 9.59 Å². The van der Waals surface area contributed by atoms with E-state index in [0.717, 1.165) is 5.69 Å². The van der Waals surface area contributed by atoms with Crippen LogP contribution < -0.4 is 10.1 Å². The Morgan fingerprint density at radius 2 is 1.88 bits per heavy atom. The van der Waals surface area contributed by atoms with Crippen LogP contribution in [0.25, 0.3) is 0 Å². The fraction of sp³-hybridized carbons (Fsp3) is 0.400. The number of nitrogens with one attached hydrogen (secondary N) is 1. The van der Waals surface area contributed by atoms with Gasteiger partial charge in [0.1, 0.15) is 11.0 Å². The molecular formula is C25H31N3O4S. The largest absolute Gasteiger partial charge is 0.495 e. The zero-order valence-electron chi connectivity index (χ0n) is 19.5. The van der Waals surface area contributed by atoms with Crippen molar-refractivity contribution in [1.82, 2.24) is 4.90 Å². The number of hydrogen-bond acceptors (Lipinski definition) is 6. The number of amides is 2. The summed E-state index contributed by atoms with van der Waals surface area (Å²) in [5.74, 6) is 0.656. The van der Waals surface area contributed by atoms with E-state index in [1.165, 1.54) is 17.3 Å². The minimum absolute atomic E-state index is 0.0492. The van der Waals surface area contributed by atoms with Gasteiger partial charge in [-0.1, -0.05) is 49.9 Å². The molecule has 7 nitrogen and oxygen atoms in total. The zero-order chi connectivity index (χ0) is 23.8. The molecule has 0 bridgehead atoms. The Kier molecular flexibility index (Phi) is 8.91. The molecular weight excluding hydrogens is 438 g/mol. The van der Waals surface area contributed by atoms with E-state index in [4.69, 9.17) is 14.5 Å². The Hall–Kier alpha value is -2.84. The van der Waals surface area contributed by atoms with E-state index >= 15 is 0 Å². The summed E-state index contributed by atoms with van der Waals surface area (Å²) in [5.41, 5.74) is 2.60. The van der Waals surface area contributed by atoms with Crippen LogP contribution in [0.2, 0.25) is 0 Å². The van der Waals surface area contributed by atoms with Crippen LogP contribution in [0, 0.1) is 0 Å². The molecule has 2 aromatic rings. The van der Waals surface area contributed by atoms with Crippen molar-refractivity contribution >= 4 is 40.1 Å². The molecule has 1 aliphatic heterocycles. The molecule has 2 amide bonds. The Morgan fingerprint density at radius 1 is 1.15 bits per heavy atom. The number of carbonyl (C=O) groups excluding carboxylic acids is 2. The zero-order valence-corrected chi connectivity index (χ0v) is 20.4. The Balaban J connectivity index is 1.74. The lowest BCUT2D eigenvalue weighted by molar-refractivity contribution is -0.128. The predicted molar refractivity (Wildman–Crippen MR) is 133 cm³/mol. The highest BCUT2D eigenvalue weighted by Crippen LogP contribution is 2.33. The second-order valence-corrected chi connectivity index (χ2v) is 9.21. The van der Waals surface area contributed by atoms with Gasteiger partial charge >= 0.3 is 0 Å². The minimum atomic E-state index is -0.532. The first-order valence-electron chi connectivity index (χ1n) is 11.0. The number of hydrogen-bond donors (Lipinski definition) is 1. The van der Waals surface area contributed by atoms with Crippen molar-refractivity contribution in [3.63, 3.8) is 0 Å². The average Bonchev–Trinajstić information content (AvgIpc) is 3.08. The number of benzene rings is 2. The van der Waals surface area contributed by atoms with Gasteiger partial charge in [-0.15, -0.1) is 0 Å². The van der Waals surface area contributed by atoms with Crippen molar-refractivity contribution in [2.45, 2.75) is 37.9 Å². The van der Waals surface area contributed by atoms with E-state index in [2.05, 4.69) is 31.3 Å². The van der Waals surface area contributed by atoms with E-state index < -0.39 is 5.25 Å². The normalized spacial score (nSPS) is 17.1. The van der Waals surface area contributed by atoms with Gasteiger partial charge in [0, 0.05) is 26.7 Å². The van der Waals surface area contributed by atoms with Gasteiger partial charge in [0.15, 0.2) is 5.17 Å². The maximum absolute atomic E-state index is 13.1. The fourth-order valence-electron chi connectivity index (χ4n) is 3.46. The Labute approximate surface area is 199 Å². The number of methoxy groups -OCH3 is 2. The maximum Gasteiger partial charge on any atom is 0.242 e. The standard InChI is InChI=1S/C25H31N3O4S/c1-17(2)18-10-12-19(13-11-18)26-25-28(14-7-15-31-3)24(30)22(33-25)16-23(29)27-20-8-5-6-9-21(20)32-4/h5-6,8-13,17,22H,7,14-16H2,1-4H3,(H,27,29). The molecule has 3 rings (SSSR count). The second kappa shape index (κ2) is 11.9. The third-order valence-corrected chi connectivity index (χ3v) is 6.46. The number of para-hydroxylation sites is 2. The van der Waals surface area contributed by atoms with Crippen molar-refractivity contribution in [2.24, 2.45) is 4.99 Å². The van der Waals surface area contributed by atoms with E-state index in [-0.39, 0.29) is 18.2 Å². The van der Waals surface area contributed by atoms with Crippen LogP contribution in [-0.4, -0.2) is 54.5 Å². The number of aliphatic imine (C=N–C) groups is 1. The van der Waals surface area contributed by atoms with Gasteiger partial charge in [-0.3, -0.25) is 14.5 Å². The molecule has 0 aromatic heterocycles. The predicted octanol–water partition coefficient (Wildman–Crippen LogP) is 4.82. The van der Waals surface area contributed by atoms with Gasteiger partial charge in [-0.05, 0) is 42.2 Å². The molecule has 1 atom stereocenters. The van der Waals surface area contributed by atoms with Crippen molar-refractivity contribution in [1.29, 1.82) is 0 Å². The quantitative estimate of drug-likeness (QED) is 0.505. The van der Waals surface area contributed by atoms with E-state index in [1.54, 1.807) is 31.3 Å². The molecule has 33 heavy (non-hydrogen) atoms. The molecule has 1 N–H and O–H groups in total. The Bertz CT molecular complexity index is 991. The van der Waals surface area contributed by atoms with Gasteiger partial charge < -0.3 is 14.8 Å². The van der Waals surface area contributed by atoms with Crippen LogP contribution in [-0.2, 0) is 14.3 Å². The molecule has 8 heteroatoms. The molecule has 2 aromatic carbocycles. The first-order valence-corrected chi connectivity index (χ1v) is 11.9. The number of carbonyl (C=O) groups is 2. The molecule has 0 saturated carbocycles. The second-order valence-electron chi connectivity index (χ2n) is 8.04. The summed E-state index contributed by atoms with van der Waals surface area (Å²) in [5, 5.41) is 2.93. The molecule has 1 fully saturated rings. The highest BCUT2D eigenvalue weighted by Gasteiger charge is 2.39. The number of anilines is 1. The summed E-state index contributed by atoms with van der Waals surface area (Å²) in [6, 6.07) is 15.2.